The number of benzene rings is 2. The van der Waals surface area contributed by atoms with Crippen LogP contribution in [0.1, 0.15) is 36.9 Å². The third-order valence-electron chi connectivity index (χ3n) is 5.77. The summed E-state index contributed by atoms with van der Waals surface area (Å²) in [6.07, 6.45) is 3.74. The molecule has 1 heterocycles. The molecule has 2 N–H and O–H groups in total. The van der Waals surface area contributed by atoms with Gasteiger partial charge in [0.1, 0.15) is 12.4 Å². The van der Waals surface area contributed by atoms with Gasteiger partial charge >= 0.3 is 5.97 Å². The summed E-state index contributed by atoms with van der Waals surface area (Å²) in [5.41, 5.74) is 2.74. The van der Waals surface area contributed by atoms with Crippen molar-refractivity contribution in [2.24, 2.45) is 5.92 Å². The number of hydrogen-bond donors (Lipinski definition) is 2. The summed E-state index contributed by atoms with van der Waals surface area (Å²) in [6.45, 7) is 0.986. The predicted octanol–water partition coefficient (Wildman–Crippen LogP) is 5.27. The van der Waals surface area contributed by atoms with E-state index < -0.39 is 0 Å². The Morgan fingerprint density at radius 3 is 2.90 bits per heavy atom. The van der Waals surface area contributed by atoms with E-state index in [4.69, 9.17) is 32.7 Å². The van der Waals surface area contributed by atoms with E-state index >= 15 is 0 Å². The van der Waals surface area contributed by atoms with Crippen molar-refractivity contribution in [3.05, 3.63) is 57.7 Å². The van der Waals surface area contributed by atoms with E-state index in [0.717, 1.165) is 53.6 Å². The molecule has 0 aliphatic heterocycles. The van der Waals surface area contributed by atoms with Crippen molar-refractivity contribution in [3.8, 4) is 5.75 Å². The lowest BCUT2D eigenvalue weighted by molar-refractivity contribution is -0.146. The molecule has 31 heavy (non-hydrogen) atoms. The molecule has 1 aliphatic rings. The molecular formula is C23H25Cl2N3O3. The molecule has 4 rings (SSSR count). The zero-order valence-electron chi connectivity index (χ0n) is 17.3. The van der Waals surface area contributed by atoms with Crippen LogP contribution in [-0.4, -0.2) is 29.3 Å². The van der Waals surface area contributed by atoms with Crippen molar-refractivity contribution in [3.63, 3.8) is 0 Å². The minimum atomic E-state index is -0.114. The molecule has 2 atom stereocenters. The summed E-state index contributed by atoms with van der Waals surface area (Å²) in [5, 5.41) is 13.1. The van der Waals surface area contributed by atoms with Gasteiger partial charge in [-0.1, -0.05) is 41.8 Å². The first-order valence-electron chi connectivity index (χ1n) is 10.4. The van der Waals surface area contributed by atoms with Gasteiger partial charge in [0, 0.05) is 12.6 Å². The maximum atomic E-state index is 11.9. The van der Waals surface area contributed by atoms with Crippen molar-refractivity contribution >= 4 is 40.1 Å². The Morgan fingerprint density at radius 2 is 2.10 bits per heavy atom. The van der Waals surface area contributed by atoms with Crippen LogP contribution in [0.2, 0.25) is 10.0 Å². The molecule has 164 valence electrons. The lowest BCUT2D eigenvalue weighted by Crippen LogP contribution is -2.36. The molecule has 2 unspecified atom stereocenters. The summed E-state index contributed by atoms with van der Waals surface area (Å²) >= 11 is 12.1. The van der Waals surface area contributed by atoms with Gasteiger partial charge in [-0.2, -0.15) is 5.10 Å². The fourth-order valence-corrected chi connectivity index (χ4v) is 4.46. The lowest BCUT2D eigenvalue weighted by Gasteiger charge is -2.28. The largest absolute Gasteiger partial charge is 0.488 e. The number of aromatic amines is 1. The van der Waals surface area contributed by atoms with Crippen molar-refractivity contribution in [2.75, 3.05) is 7.11 Å². The Balaban J connectivity index is 1.45. The number of ether oxygens (including phenoxy) is 2. The zero-order valence-corrected chi connectivity index (χ0v) is 18.8. The predicted molar refractivity (Wildman–Crippen MR) is 121 cm³/mol. The highest BCUT2D eigenvalue weighted by atomic mass is 35.5. The monoisotopic (exact) mass is 461 g/mol. The molecule has 3 aromatic rings. The first-order chi connectivity index (χ1) is 15.0. The van der Waals surface area contributed by atoms with Gasteiger partial charge < -0.3 is 14.8 Å². The molecule has 0 radical (unpaired) electrons. The fraction of sp³-hybridized carbons (Fsp3) is 0.391. The molecule has 1 fully saturated rings. The van der Waals surface area contributed by atoms with Crippen LogP contribution in [0.3, 0.4) is 0 Å². The molecule has 0 amide bonds. The van der Waals surface area contributed by atoms with E-state index in [9.17, 15) is 4.79 Å². The SMILES string of the molecule is COC(=O)C1CCCC(NCc2[nH]nc3cccc(OCc4ccc(Cl)c(Cl)c4)c23)C1. The highest BCUT2D eigenvalue weighted by molar-refractivity contribution is 6.42. The number of H-pyrrole nitrogens is 1. The third-order valence-corrected chi connectivity index (χ3v) is 6.51. The van der Waals surface area contributed by atoms with Gasteiger partial charge in [-0.3, -0.25) is 9.89 Å². The number of halogens is 2. The Bertz CT molecular complexity index is 1070. The first kappa shape index (κ1) is 21.9. The Morgan fingerprint density at radius 1 is 1.23 bits per heavy atom. The van der Waals surface area contributed by atoms with Crippen LogP contribution in [0.25, 0.3) is 10.9 Å². The van der Waals surface area contributed by atoms with Crippen LogP contribution in [0.5, 0.6) is 5.75 Å². The highest BCUT2D eigenvalue weighted by Crippen LogP contribution is 2.30. The Kier molecular flexibility index (Phi) is 7.00. The molecule has 1 aliphatic carbocycles. The van der Waals surface area contributed by atoms with Gasteiger partial charge in [0.15, 0.2) is 0 Å². The van der Waals surface area contributed by atoms with Gasteiger partial charge in [-0.25, -0.2) is 0 Å². The second kappa shape index (κ2) is 9.90. The van der Waals surface area contributed by atoms with E-state index in [-0.39, 0.29) is 17.9 Å². The molecule has 1 aromatic heterocycles. The lowest BCUT2D eigenvalue weighted by atomic mass is 9.85. The second-order valence-electron chi connectivity index (χ2n) is 7.85. The van der Waals surface area contributed by atoms with Crippen molar-refractivity contribution < 1.29 is 14.3 Å². The van der Waals surface area contributed by atoms with Gasteiger partial charge in [-0.15, -0.1) is 0 Å². The summed E-state index contributed by atoms with van der Waals surface area (Å²) in [6, 6.07) is 11.5. The van der Waals surface area contributed by atoms with Gasteiger partial charge in [0.25, 0.3) is 0 Å². The molecule has 0 spiro atoms. The van der Waals surface area contributed by atoms with Crippen LogP contribution < -0.4 is 10.1 Å². The summed E-state index contributed by atoms with van der Waals surface area (Å²) in [4.78, 5) is 11.9. The number of carbonyl (C=O) groups is 1. The smallest absolute Gasteiger partial charge is 0.308 e. The molecule has 6 nitrogen and oxygen atoms in total. The number of methoxy groups -OCH3 is 1. The summed E-state index contributed by atoms with van der Waals surface area (Å²) < 4.78 is 11.0. The molecule has 0 saturated heterocycles. The van der Waals surface area contributed by atoms with Crippen LogP contribution in [-0.2, 0) is 22.7 Å². The number of nitrogens with zero attached hydrogens (tertiary/aromatic N) is 1. The van der Waals surface area contributed by atoms with Gasteiger partial charge in [-0.05, 0) is 49.1 Å². The average molecular weight is 462 g/mol. The molecule has 0 bridgehead atoms. The highest BCUT2D eigenvalue weighted by Gasteiger charge is 2.27. The standard InChI is InChI=1S/C23H25Cl2N3O3/c1-30-23(29)15-4-2-5-16(11-15)26-12-20-22-19(27-28-20)6-3-7-21(22)31-13-14-8-9-17(24)18(25)10-14/h3,6-10,15-16,26H,2,4-5,11-13H2,1H3,(H,27,28). The number of hydrogen-bond acceptors (Lipinski definition) is 5. The van der Waals surface area contributed by atoms with E-state index in [1.807, 2.05) is 30.3 Å². The van der Waals surface area contributed by atoms with Crippen LogP contribution in [0.4, 0.5) is 0 Å². The van der Waals surface area contributed by atoms with E-state index in [2.05, 4.69) is 15.5 Å². The van der Waals surface area contributed by atoms with Crippen LogP contribution in [0, 0.1) is 5.92 Å². The van der Waals surface area contributed by atoms with Crippen molar-refractivity contribution in [1.82, 2.24) is 15.5 Å². The normalized spacial score (nSPS) is 18.8. The first-order valence-corrected chi connectivity index (χ1v) is 11.1. The summed E-state index contributed by atoms with van der Waals surface area (Å²) in [5.74, 6) is 0.613. The van der Waals surface area contributed by atoms with Gasteiger partial charge in [0.2, 0.25) is 0 Å². The fourth-order valence-electron chi connectivity index (χ4n) is 4.14. The maximum absolute atomic E-state index is 11.9. The second-order valence-corrected chi connectivity index (χ2v) is 8.67. The van der Waals surface area contributed by atoms with E-state index in [0.29, 0.717) is 23.2 Å². The van der Waals surface area contributed by atoms with Crippen LogP contribution in [0.15, 0.2) is 36.4 Å². The van der Waals surface area contributed by atoms with Gasteiger partial charge in [0.05, 0.1) is 39.7 Å². The molecule has 1 saturated carbocycles. The van der Waals surface area contributed by atoms with Crippen molar-refractivity contribution in [2.45, 2.75) is 44.9 Å². The number of nitrogens with one attached hydrogen (secondary N) is 2. The number of carbonyl (C=O) groups excluding carboxylic acids is 1. The minimum Gasteiger partial charge on any atom is -0.488 e. The topological polar surface area (TPSA) is 76.2 Å². The number of esters is 1. The van der Waals surface area contributed by atoms with Crippen molar-refractivity contribution in [1.29, 1.82) is 0 Å². The van der Waals surface area contributed by atoms with Crippen LogP contribution >= 0.6 is 23.2 Å². The Labute approximate surface area is 191 Å². The molecule has 2 aromatic carbocycles. The quantitative estimate of drug-likeness (QED) is 0.468. The number of rotatable bonds is 7. The molecular weight excluding hydrogens is 437 g/mol. The van der Waals surface area contributed by atoms with E-state index in [1.54, 1.807) is 6.07 Å². The maximum Gasteiger partial charge on any atom is 0.308 e. The Hall–Kier alpha value is -2.28. The molecule has 8 heteroatoms. The van der Waals surface area contributed by atoms with E-state index in [1.165, 1.54) is 7.11 Å². The summed E-state index contributed by atoms with van der Waals surface area (Å²) in [7, 11) is 1.45. The number of fused-ring (bicyclic) bond motifs is 1. The third kappa shape index (κ3) is 5.14. The number of aromatic nitrogens is 2. The average Bonchev–Trinajstić information content (AvgIpc) is 3.22. The zero-order chi connectivity index (χ0) is 21.8. The minimum absolute atomic E-state index is 0.0279.